The van der Waals surface area contributed by atoms with Gasteiger partial charge in [-0.3, -0.25) is 9.69 Å². The van der Waals surface area contributed by atoms with Crippen molar-refractivity contribution in [3.8, 4) is 0 Å². The minimum absolute atomic E-state index is 0.346. The Morgan fingerprint density at radius 1 is 0.697 bits per heavy atom. The number of nitrogens with zero attached hydrogens (tertiary/aromatic N) is 1. The van der Waals surface area contributed by atoms with Gasteiger partial charge in [0.1, 0.15) is 5.54 Å². The molecule has 0 rings (SSSR count). The number of nitrogens with one attached hydrogen (secondary N) is 2. The van der Waals surface area contributed by atoms with Gasteiger partial charge in [0.25, 0.3) is 0 Å². The first-order chi connectivity index (χ1) is 16.1. The van der Waals surface area contributed by atoms with Crippen LogP contribution in [0.5, 0.6) is 0 Å². The van der Waals surface area contributed by atoms with Gasteiger partial charge in [-0.05, 0) is 51.9 Å². The Morgan fingerprint density at radius 2 is 1.09 bits per heavy atom. The molecule has 33 heavy (non-hydrogen) atoms. The summed E-state index contributed by atoms with van der Waals surface area (Å²) in [6.07, 6.45) is 16.2. The first-order valence-electron chi connectivity index (χ1n) is 13.9. The average Bonchev–Trinajstić information content (AvgIpc) is 2.80. The maximum atomic E-state index is 12.4. The minimum atomic E-state index is -0.979. The third-order valence-corrected chi connectivity index (χ3v) is 6.65. The number of hydrogen-bond acceptors (Lipinski definition) is 6. The smallest absolute Gasteiger partial charge is 0.324 e. The molecule has 0 unspecified atom stereocenters. The number of carboxylic acids is 1. The topological polar surface area (TPSA) is 117 Å². The molecule has 0 saturated carbocycles. The first kappa shape index (κ1) is 32.3. The molecule has 0 aliphatic rings. The highest BCUT2D eigenvalue weighted by atomic mass is 16.4. The van der Waals surface area contributed by atoms with Gasteiger partial charge in [-0.15, -0.1) is 0 Å². The van der Waals surface area contributed by atoms with Crippen molar-refractivity contribution in [1.29, 1.82) is 0 Å². The van der Waals surface area contributed by atoms with E-state index < -0.39 is 11.5 Å². The molecule has 0 aliphatic heterocycles. The van der Waals surface area contributed by atoms with E-state index in [0.717, 1.165) is 26.2 Å². The predicted octanol–water partition coefficient (Wildman–Crippen LogP) is 3.71. The Kier molecular flexibility index (Phi) is 22.5. The fraction of sp³-hybridized carbons (Fsp3) is 0.962. The van der Waals surface area contributed by atoms with E-state index in [4.69, 9.17) is 11.5 Å². The van der Waals surface area contributed by atoms with Gasteiger partial charge in [0.15, 0.2) is 0 Å². The van der Waals surface area contributed by atoms with Crippen LogP contribution in [0, 0.1) is 0 Å². The van der Waals surface area contributed by atoms with Crippen molar-refractivity contribution in [2.45, 2.75) is 109 Å². The van der Waals surface area contributed by atoms with Gasteiger partial charge in [-0.25, -0.2) is 0 Å². The summed E-state index contributed by atoms with van der Waals surface area (Å²) < 4.78 is 0. The summed E-state index contributed by atoms with van der Waals surface area (Å²) in [7, 11) is 0. The van der Waals surface area contributed by atoms with E-state index in [-0.39, 0.29) is 0 Å². The molecule has 7 heteroatoms. The van der Waals surface area contributed by atoms with Crippen LogP contribution in [0.4, 0.5) is 0 Å². The number of aliphatic carboxylic acids is 1. The first-order valence-corrected chi connectivity index (χ1v) is 13.9. The lowest BCUT2D eigenvalue weighted by Gasteiger charge is -2.41. The zero-order valence-electron chi connectivity index (χ0n) is 22.0. The Morgan fingerprint density at radius 3 is 1.45 bits per heavy atom. The summed E-state index contributed by atoms with van der Waals surface area (Å²) >= 11 is 0. The summed E-state index contributed by atoms with van der Waals surface area (Å²) in [5.74, 6) is -0.801. The van der Waals surface area contributed by atoms with E-state index in [1.165, 1.54) is 77.0 Å². The molecule has 0 fully saturated rings. The normalized spacial score (nSPS) is 12.0. The van der Waals surface area contributed by atoms with E-state index in [1.54, 1.807) is 0 Å². The molecule has 198 valence electrons. The molecule has 7 nitrogen and oxygen atoms in total. The van der Waals surface area contributed by atoms with Crippen LogP contribution in [0.25, 0.3) is 0 Å². The molecular weight excluding hydrogens is 414 g/mol. The second kappa shape index (κ2) is 23.0. The minimum Gasteiger partial charge on any atom is -0.480 e. The van der Waals surface area contributed by atoms with Gasteiger partial charge in [0.05, 0.1) is 0 Å². The lowest BCUT2D eigenvalue weighted by atomic mass is 9.88. The maximum Gasteiger partial charge on any atom is 0.324 e. The van der Waals surface area contributed by atoms with Gasteiger partial charge >= 0.3 is 5.97 Å². The Balaban J connectivity index is 4.56. The highest BCUT2D eigenvalue weighted by Gasteiger charge is 2.42. The van der Waals surface area contributed by atoms with Gasteiger partial charge in [0.2, 0.25) is 0 Å². The second-order valence-corrected chi connectivity index (χ2v) is 9.44. The summed E-state index contributed by atoms with van der Waals surface area (Å²) in [4.78, 5) is 14.5. The van der Waals surface area contributed by atoms with E-state index in [9.17, 15) is 9.90 Å². The van der Waals surface area contributed by atoms with Crippen molar-refractivity contribution in [3.05, 3.63) is 0 Å². The van der Waals surface area contributed by atoms with Gasteiger partial charge in [0, 0.05) is 26.2 Å². The standard InChI is InChI=1S/C26H57N5O2/c1-3-5-7-9-11-13-19-29-21-23-31(26(15-17-27,16-18-28)25(32)33)24-22-30-20-14-12-10-8-6-4-2/h29-30H,3-24,27-28H2,1-2H3,(H,32,33). The quantitative estimate of drug-likeness (QED) is 0.122. The molecule has 0 bridgehead atoms. The van der Waals surface area contributed by atoms with E-state index in [2.05, 4.69) is 29.4 Å². The molecule has 0 saturated heterocycles. The molecule has 0 atom stereocenters. The van der Waals surface area contributed by atoms with E-state index >= 15 is 0 Å². The van der Waals surface area contributed by atoms with Gasteiger partial charge < -0.3 is 27.2 Å². The van der Waals surface area contributed by atoms with Crippen molar-refractivity contribution < 1.29 is 9.90 Å². The maximum absolute atomic E-state index is 12.4. The lowest BCUT2D eigenvalue weighted by molar-refractivity contribution is -0.152. The van der Waals surface area contributed by atoms with Crippen molar-refractivity contribution in [2.75, 3.05) is 52.4 Å². The van der Waals surface area contributed by atoms with E-state index in [1.807, 2.05) is 0 Å². The lowest BCUT2D eigenvalue weighted by Crippen LogP contribution is -2.59. The summed E-state index contributed by atoms with van der Waals surface area (Å²) in [5.41, 5.74) is 10.7. The number of rotatable bonds is 26. The number of nitrogens with two attached hydrogens (primary N) is 2. The molecular formula is C26H57N5O2. The van der Waals surface area contributed by atoms with Crippen LogP contribution >= 0.6 is 0 Å². The number of hydrogen-bond donors (Lipinski definition) is 5. The van der Waals surface area contributed by atoms with Crippen molar-refractivity contribution in [1.82, 2.24) is 15.5 Å². The average molecular weight is 472 g/mol. The molecule has 0 amide bonds. The largest absolute Gasteiger partial charge is 0.480 e. The summed E-state index contributed by atoms with van der Waals surface area (Å²) in [6, 6.07) is 0. The summed E-state index contributed by atoms with van der Waals surface area (Å²) in [6.45, 7) is 10.1. The second-order valence-electron chi connectivity index (χ2n) is 9.44. The van der Waals surface area contributed by atoms with Crippen molar-refractivity contribution in [3.63, 3.8) is 0 Å². The number of carbonyl (C=O) groups is 1. The van der Waals surface area contributed by atoms with Crippen LogP contribution in [0.3, 0.4) is 0 Å². The molecule has 0 spiro atoms. The monoisotopic (exact) mass is 471 g/mol. The van der Waals surface area contributed by atoms with Crippen LogP contribution in [0.15, 0.2) is 0 Å². The van der Waals surface area contributed by atoms with Crippen LogP contribution in [-0.4, -0.2) is 73.9 Å². The Labute approximate surface area is 204 Å². The van der Waals surface area contributed by atoms with Gasteiger partial charge in [-0.1, -0.05) is 78.1 Å². The van der Waals surface area contributed by atoms with Crippen molar-refractivity contribution >= 4 is 5.97 Å². The molecule has 0 radical (unpaired) electrons. The highest BCUT2D eigenvalue weighted by Crippen LogP contribution is 2.24. The fourth-order valence-corrected chi connectivity index (χ4v) is 4.55. The van der Waals surface area contributed by atoms with Crippen LogP contribution in [0.1, 0.15) is 104 Å². The predicted molar refractivity (Wildman–Crippen MR) is 142 cm³/mol. The zero-order chi connectivity index (χ0) is 24.6. The fourth-order valence-electron chi connectivity index (χ4n) is 4.55. The third-order valence-electron chi connectivity index (χ3n) is 6.65. The molecule has 0 heterocycles. The van der Waals surface area contributed by atoms with Crippen LogP contribution < -0.4 is 22.1 Å². The summed E-state index contributed by atoms with van der Waals surface area (Å²) in [5, 5.41) is 17.2. The molecule has 0 aromatic carbocycles. The zero-order valence-corrected chi connectivity index (χ0v) is 22.0. The third kappa shape index (κ3) is 15.7. The Hall–Kier alpha value is -0.730. The molecule has 7 N–H and O–H groups in total. The van der Waals surface area contributed by atoms with Crippen molar-refractivity contribution in [2.24, 2.45) is 11.5 Å². The number of carboxylic acid groups (broad SMARTS) is 1. The Bertz CT molecular complexity index is 409. The number of unbranched alkanes of at least 4 members (excludes halogenated alkanes) is 10. The molecule has 0 aliphatic carbocycles. The van der Waals surface area contributed by atoms with Gasteiger partial charge in [-0.2, -0.15) is 0 Å². The SMILES string of the molecule is CCCCCCCCNCCN(CCNCCCCCCCC)C(CCN)(CCN)C(=O)O. The molecule has 0 aromatic heterocycles. The van der Waals surface area contributed by atoms with Crippen LogP contribution in [-0.2, 0) is 4.79 Å². The van der Waals surface area contributed by atoms with E-state index in [0.29, 0.717) is 39.0 Å². The highest BCUT2D eigenvalue weighted by molar-refractivity contribution is 5.78. The van der Waals surface area contributed by atoms with Crippen LogP contribution in [0.2, 0.25) is 0 Å². The molecule has 0 aromatic rings.